The average molecular weight is 739 g/mol. The van der Waals surface area contributed by atoms with Crippen molar-refractivity contribution in [1.29, 1.82) is 0 Å². The molecule has 3 fully saturated rings. The standard InChI is InChI=1S/C41H34Cl2FN3O5/c1-20-4-13-28(18-33(20)43)46-37(49)30-15-14-29-31(34(30)39(46)51)19-32-38(50)47(45-27-11-9-26(44)10-12-27)40(52)41(32,24-5-7-25(42)8-6-24)35(29)23-16-21(2)36(48)22(3)17-23/h4-14,16-18,30-32,34-35,45,48H,15,19H2,1-3H3/t30-,31+,32-,34-,35-,41+/m0/s1. The van der Waals surface area contributed by atoms with Crippen LogP contribution in [0.15, 0.2) is 90.5 Å². The van der Waals surface area contributed by atoms with Gasteiger partial charge in [-0.15, -0.1) is 0 Å². The molecular weight excluding hydrogens is 704 g/mol. The number of hydrazine groups is 1. The number of carbonyl (C=O) groups is 4. The Kier molecular flexibility index (Phi) is 8.08. The Morgan fingerprint density at radius 1 is 0.808 bits per heavy atom. The van der Waals surface area contributed by atoms with Crippen LogP contribution < -0.4 is 10.3 Å². The maximum Gasteiger partial charge on any atom is 0.260 e. The van der Waals surface area contributed by atoms with Gasteiger partial charge in [-0.05, 0) is 116 Å². The molecule has 0 unspecified atom stereocenters. The van der Waals surface area contributed by atoms with E-state index in [1.165, 1.54) is 29.2 Å². The van der Waals surface area contributed by atoms with E-state index in [2.05, 4.69) is 5.43 Å². The summed E-state index contributed by atoms with van der Waals surface area (Å²) in [5.74, 6) is -5.91. The van der Waals surface area contributed by atoms with Crippen LogP contribution >= 0.6 is 23.2 Å². The van der Waals surface area contributed by atoms with Gasteiger partial charge in [-0.2, -0.15) is 5.01 Å². The number of halogens is 3. The monoisotopic (exact) mass is 737 g/mol. The quantitative estimate of drug-likeness (QED) is 0.159. The van der Waals surface area contributed by atoms with Crippen molar-refractivity contribution in [1.82, 2.24) is 5.01 Å². The third kappa shape index (κ3) is 4.93. The van der Waals surface area contributed by atoms with Gasteiger partial charge in [0.1, 0.15) is 11.6 Å². The van der Waals surface area contributed by atoms with E-state index in [0.29, 0.717) is 43.7 Å². The highest BCUT2D eigenvalue weighted by molar-refractivity contribution is 6.32. The van der Waals surface area contributed by atoms with Crippen LogP contribution in [0.1, 0.15) is 46.6 Å². The van der Waals surface area contributed by atoms with Crippen molar-refractivity contribution in [2.75, 3.05) is 10.3 Å². The number of nitrogens with zero attached hydrogens (tertiary/aromatic N) is 2. The largest absolute Gasteiger partial charge is 0.507 e. The first-order chi connectivity index (χ1) is 24.8. The Hall–Kier alpha value is -4.99. The van der Waals surface area contributed by atoms with E-state index in [4.69, 9.17) is 23.2 Å². The Morgan fingerprint density at radius 3 is 2.13 bits per heavy atom. The molecule has 8 rings (SSSR count). The lowest BCUT2D eigenvalue weighted by atomic mass is 9.49. The molecule has 2 aliphatic heterocycles. The molecule has 0 spiro atoms. The molecule has 4 amide bonds. The lowest BCUT2D eigenvalue weighted by Crippen LogP contribution is -2.53. The molecule has 4 aliphatic rings. The van der Waals surface area contributed by atoms with Gasteiger partial charge in [0.25, 0.3) is 11.8 Å². The van der Waals surface area contributed by atoms with Crippen LogP contribution in [0.5, 0.6) is 5.75 Å². The third-order valence-corrected chi connectivity index (χ3v) is 12.2. The SMILES string of the molecule is Cc1ccc(N2C(=O)[C@H]3[C@H](CC=C4[C@H]3C[C@H]3C(=O)N(Nc5ccc(F)cc5)C(=O)[C@@]3(c3ccc(Cl)cc3)[C@H]4c3cc(C)c(O)c(C)c3)C2=O)cc1Cl. The van der Waals surface area contributed by atoms with Crippen molar-refractivity contribution >= 4 is 58.2 Å². The molecule has 0 bridgehead atoms. The zero-order chi connectivity index (χ0) is 36.8. The first kappa shape index (κ1) is 34.1. The summed E-state index contributed by atoms with van der Waals surface area (Å²) < 4.78 is 13.9. The predicted octanol–water partition coefficient (Wildman–Crippen LogP) is 7.95. The molecule has 4 aromatic carbocycles. The number of hydrogen-bond acceptors (Lipinski definition) is 6. The van der Waals surface area contributed by atoms with Crippen LogP contribution in [0.3, 0.4) is 0 Å². The molecule has 2 heterocycles. The molecule has 11 heteroatoms. The molecule has 1 saturated carbocycles. The fourth-order valence-electron chi connectivity index (χ4n) is 9.16. The molecule has 2 N–H and O–H groups in total. The number of rotatable bonds is 5. The van der Waals surface area contributed by atoms with Crippen molar-refractivity contribution < 1.29 is 28.7 Å². The van der Waals surface area contributed by atoms with Gasteiger partial charge in [0.05, 0.1) is 34.5 Å². The molecule has 52 heavy (non-hydrogen) atoms. The minimum absolute atomic E-state index is 0.107. The van der Waals surface area contributed by atoms with E-state index in [0.717, 1.165) is 16.1 Å². The Bertz CT molecular complexity index is 2220. The van der Waals surface area contributed by atoms with E-state index in [1.807, 2.05) is 25.1 Å². The summed E-state index contributed by atoms with van der Waals surface area (Å²) in [6.07, 6.45) is 2.34. The topological polar surface area (TPSA) is 107 Å². The minimum Gasteiger partial charge on any atom is -0.507 e. The maximum atomic E-state index is 15.3. The average Bonchev–Trinajstić information content (AvgIpc) is 3.50. The highest BCUT2D eigenvalue weighted by atomic mass is 35.5. The fourth-order valence-corrected chi connectivity index (χ4v) is 9.46. The molecule has 264 valence electrons. The molecule has 0 radical (unpaired) electrons. The highest BCUT2D eigenvalue weighted by Gasteiger charge is 2.70. The number of phenols is 1. The summed E-state index contributed by atoms with van der Waals surface area (Å²) in [7, 11) is 0. The van der Waals surface area contributed by atoms with E-state index < -0.39 is 52.6 Å². The van der Waals surface area contributed by atoms with Gasteiger partial charge < -0.3 is 5.11 Å². The number of allylic oxidation sites excluding steroid dienone is 2. The number of anilines is 2. The molecule has 2 aliphatic carbocycles. The summed E-state index contributed by atoms with van der Waals surface area (Å²) >= 11 is 12.8. The lowest BCUT2D eigenvalue weighted by molar-refractivity contribution is -0.138. The number of hydrogen-bond donors (Lipinski definition) is 2. The van der Waals surface area contributed by atoms with Crippen LogP contribution in [-0.4, -0.2) is 33.7 Å². The molecule has 0 aromatic heterocycles. The predicted molar refractivity (Wildman–Crippen MR) is 195 cm³/mol. The van der Waals surface area contributed by atoms with Gasteiger partial charge in [0.2, 0.25) is 11.8 Å². The van der Waals surface area contributed by atoms with Crippen molar-refractivity contribution in [2.45, 2.75) is 44.9 Å². The number of phenolic OH excluding ortho intramolecular Hbond substituents is 1. The summed E-state index contributed by atoms with van der Waals surface area (Å²) in [6, 6.07) is 21.0. The minimum atomic E-state index is -1.52. The van der Waals surface area contributed by atoms with Crippen molar-refractivity contribution in [3.05, 3.63) is 134 Å². The van der Waals surface area contributed by atoms with Crippen molar-refractivity contribution in [3.8, 4) is 5.75 Å². The molecule has 8 nitrogen and oxygen atoms in total. The number of imide groups is 2. The second kappa shape index (κ2) is 12.3. The van der Waals surface area contributed by atoms with Crippen LogP contribution in [0.4, 0.5) is 15.8 Å². The van der Waals surface area contributed by atoms with E-state index >= 15 is 4.79 Å². The van der Waals surface area contributed by atoms with E-state index in [-0.39, 0.29) is 30.4 Å². The number of aromatic hydroxyl groups is 1. The molecule has 2 saturated heterocycles. The molecule has 6 atom stereocenters. The highest BCUT2D eigenvalue weighted by Crippen LogP contribution is 2.64. The Morgan fingerprint density at radius 2 is 1.48 bits per heavy atom. The normalized spacial score (nSPS) is 26.7. The number of amides is 4. The number of benzene rings is 4. The number of carbonyl (C=O) groups excluding carboxylic acids is 4. The van der Waals surface area contributed by atoms with Gasteiger partial charge in [-0.3, -0.25) is 24.6 Å². The maximum absolute atomic E-state index is 15.3. The Balaban J connectivity index is 1.33. The second-order valence-electron chi connectivity index (χ2n) is 14.3. The van der Waals surface area contributed by atoms with E-state index in [1.54, 1.807) is 56.3 Å². The van der Waals surface area contributed by atoms with Gasteiger partial charge in [-0.1, -0.05) is 65.2 Å². The number of aryl methyl sites for hydroxylation is 3. The number of fused-ring (bicyclic) bond motifs is 4. The van der Waals surface area contributed by atoms with Crippen LogP contribution in [-0.2, 0) is 24.6 Å². The van der Waals surface area contributed by atoms with Gasteiger partial charge in [-0.25, -0.2) is 9.29 Å². The Labute approximate surface area is 309 Å². The third-order valence-electron chi connectivity index (χ3n) is 11.5. The fraction of sp³-hybridized carbons (Fsp3) is 0.268. The summed E-state index contributed by atoms with van der Waals surface area (Å²) in [4.78, 5) is 59.9. The van der Waals surface area contributed by atoms with Gasteiger partial charge in [0, 0.05) is 16.0 Å². The zero-order valence-corrected chi connectivity index (χ0v) is 30.0. The first-order valence-electron chi connectivity index (χ1n) is 17.1. The summed E-state index contributed by atoms with van der Waals surface area (Å²) in [5.41, 5.74) is 6.16. The summed E-state index contributed by atoms with van der Waals surface area (Å²) in [6.45, 7) is 5.39. The lowest BCUT2D eigenvalue weighted by Gasteiger charge is -2.50. The van der Waals surface area contributed by atoms with Crippen LogP contribution in [0.25, 0.3) is 0 Å². The smallest absolute Gasteiger partial charge is 0.260 e. The van der Waals surface area contributed by atoms with Crippen LogP contribution in [0.2, 0.25) is 10.0 Å². The first-order valence-corrected chi connectivity index (χ1v) is 17.9. The van der Waals surface area contributed by atoms with E-state index in [9.17, 15) is 23.9 Å². The van der Waals surface area contributed by atoms with Crippen molar-refractivity contribution in [2.24, 2.45) is 23.7 Å². The summed E-state index contributed by atoms with van der Waals surface area (Å²) in [5, 5.41) is 12.7. The second-order valence-corrected chi connectivity index (χ2v) is 15.2. The van der Waals surface area contributed by atoms with Crippen LogP contribution in [0, 0.1) is 50.3 Å². The van der Waals surface area contributed by atoms with Gasteiger partial charge >= 0.3 is 0 Å². The zero-order valence-electron chi connectivity index (χ0n) is 28.5. The molecule has 4 aromatic rings. The molecular formula is C41H34Cl2FN3O5. The van der Waals surface area contributed by atoms with Crippen molar-refractivity contribution in [3.63, 3.8) is 0 Å². The van der Waals surface area contributed by atoms with Gasteiger partial charge in [0.15, 0.2) is 0 Å². The number of nitrogens with one attached hydrogen (secondary N) is 1.